The predicted octanol–water partition coefficient (Wildman–Crippen LogP) is 6.45. The molecule has 2 N–H and O–H groups in total. The van der Waals surface area contributed by atoms with Crippen LogP contribution in [0, 0.1) is 5.92 Å². The second-order valence-electron chi connectivity index (χ2n) is 14.2. The van der Waals surface area contributed by atoms with Crippen molar-refractivity contribution in [1.82, 2.24) is 10.6 Å². The summed E-state index contributed by atoms with van der Waals surface area (Å²) in [6.07, 6.45) is 11.0. The third-order valence-electron chi connectivity index (χ3n) is 7.54. The Hall–Kier alpha value is -1.14. The summed E-state index contributed by atoms with van der Waals surface area (Å²) in [6, 6.07) is 0. The molecular weight excluding hydrogens is 452 g/mol. The number of ether oxygens (including phenoxy) is 2. The van der Waals surface area contributed by atoms with E-state index in [9.17, 15) is 9.59 Å². The zero-order valence-electron chi connectivity index (χ0n) is 24.9. The Morgan fingerprint density at radius 2 is 0.972 bits per heavy atom. The molecule has 6 heteroatoms. The van der Waals surface area contributed by atoms with E-state index in [-0.39, 0.29) is 34.4 Å². The van der Waals surface area contributed by atoms with Crippen molar-refractivity contribution in [3.8, 4) is 0 Å². The van der Waals surface area contributed by atoms with Gasteiger partial charge in [-0.25, -0.2) is 0 Å². The molecule has 210 valence electrons. The van der Waals surface area contributed by atoms with Crippen LogP contribution in [0.25, 0.3) is 0 Å². The van der Waals surface area contributed by atoms with E-state index < -0.39 is 17.9 Å². The number of hydrogen-bond donors (Lipinski definition) is 2. The highest BCUT2D eigenvalue weighted by molar-refractivity contribution is 5.95. The van der Waals surface area contributed by atoms with Crippen molar-refractivity contribution in [3.63, 3.8) is 0 Å². The number of rotatable bonds is 12. The summed E-state index contributed by atoms with van der Waals surface area (Å²) in [5, 5.41) is 7.26. The summed E-state index contributed by atoms with van der Waals surface area (Å²) in [4.78, 5) is 26.8. The highest BCUT2D eigenvalue weighted by atomic mass is 16.6. The fraction of sp³-hybridized carbons (Fsp3) is 0.933. The van der Waals surface area contributed by atoms with Gasteiger partial charge in [0.1, 0.15) is 12.2 Å². The molecule has 2 heterocycles. The first-order chi connectivity index (χ1) is 16.5. The third-order valence-corrected chi connectivity index (χ3v) is 7.54. The van der Waals surface area contributed by atoms with Crippen LogP contribution in [0.3, 0.4) is 0 Å². The van der Waals surface area contributed by atoms with Crippen molar-refractivity contribution < 1.29 is 19.1 Å². The Balaban J connectivity index is 2.05. The quantitative estimate of drug-likeness (QED) is 0.179. The van der Waals surface area contributed by atoms with E-state index in [0.29, 0.717) is 6.42 Å². The minimum absolute atomic E-state index is 0.131. The van der Waals surface area contributed by atoms with Gasteiger partial charge in [-0.15, -0.1) is 0 Å². The minimum Gasteiger partial charge on any atom is -0.462 e. The summed E-state index contributed by atoms with van der Waals surface area (Å²) in [6.45, 7) is 19.3. The Morgan fingerprint density at radius 1 is 0.639 bits per heavy atom. The average molecular weight is 509 g/mol. The topological polar surface area (TPSA) is 76.7 Å². The molecule has 2 saturated heterocycles. The lowest BCUT2D eigenvalue weighted by molar-refractivity contribution is -0.172. The Morgan fingerprint density at radius 3 is 1.33 bits per heavy atom. The lowest BCUT2D eigenvalue weighted by Gasteiger charge is -2.46. The monoisotopic (exact) mass is 508 g/mol. The van der Waals surface area contributed by atoms with E-state index >= 15 is 0 Å². The molecule has 0 bridgehead atoms. The molecule has 0 atom stereocenters. The maximum Gasteiger partial charge on any atom is 0.320 e. The molecule has 0 unspecified atom stereocenters. The first-order valence-electron chi connectivity index (χ1n) is 14.5. The molecule has 0 aromatic heterocycles. The SMILES string of the molecule is CCCCCCCCCC(C(=O)OC1CC(C)(C)NC(C)(C)C1)C(=O)OC1CC(C)(C)NC(C)(C)C1. The van der Waals surface area contributed by atoms with Crippen molar-refractivity contribution in [3.05, 3.63) is 0 Å². The van der Waals surface area contributed by atoms with E-state index in [1.807, 2.05) is 0 Å². The number of esters is 2. The van der Waals surface area contributed by atoms with Gasteiger partial charge in [-0.2, -0.15) is 0 Å². The average Bonchev–Trinajstić information content (AvgIpc) is 2.64. The molecule has 0 aromatic carbocycles. The van der Waals surface area contributed by atoms with E-state index in [4.69, 9.17) is 9.47 Å². The van der Waals surface area contributed by atoms with Gasteiger partial charge in [-0.1, -0.05) is 51.9 Å². The molecule has 0 amide bonds. The van der Waals surface area contributed by atoms with E-state index in [1.165, 1.54) is 25.7 Å². The summed E-state index contributed by atoms with van der Waals surface area (Å²) < 4.78 is 12.1. The lowest BCUT2D eigenvalue weighted by atomic mass is 9.81. The van der Waals surface area contributed by atoms with Gasteiger partial charge in [-0.05, 0) is 61.8 Å². The summed E-state index contributed by atoms with van der Waals surface area (Å²) >= 11 is 0. The molecule has 2 aliphatic rings. The third kappa shape index (κ3) is 10.7. The zero-order chi connectivity index (χ0) is 27.2. The fourth-order valence-corrected chi connectivity index (χ4v) is 6.75. The van der Waals surface area contributed by atoms with E-state index in [2.05, 4.69) is 72.9 Å². The van der Waals surface area contributed by atoms with Crippen molar-refractivity contribution in [2.75, 3.05) is 0 Å². The molecule has 0 saturated carbocycles. The van der Waals surface area contributed by atoms with Crippen molar-refractivity contribution >= 4 is 11.9 Å². The van der Waals surface area contributed by atoms with Crippen LogP contribution < -0.4 is 10.6 Å². The highest BCUT2D eigenvalue weighted by Gasteiger charge is 2.43. The maximum absolute atomic E-state index is 13.4. The Kier molecular flexibility index (Phi) is 10.9. The minimum atomic E-state index is -0.845. The van der Waals surface area contributed by atoms with Crippen LogP contribution in [-0.2, 0) is 19.1 Å². The standard InChI is InChI=1S/C30H56N2O4/c1-10-11-12-13-14-15-16-17-24(25(33)35-22-18-27(2,3)31-28(4,5)19-22)26(34)36-23-20-29(6,7)32-30(8,9)21-23/h22-24,31-32H,10-21H2,1-9H3. The smallest absolute Gasteiger partial charge is 0.320 e. The van der Waals surface area contributed by atoms with Gasteiger partial charge in [0, 0.05) is 47.8 Å². The van der Waals surface area contributed by atoms with Gasteiger partial charge in [0.05, 0.1) is 0 Å². The zero-order valence-corrected chi connectivity index (χ0v) is 24.9. The molecule has 0 radical (unpaired) electrons. The second-order valence-corrected chi connectivity index (χ2v) is 14.2. The van der Waals surface area contributed by atoms with E-state index in [0.717, 1.165) is 44.9 Å². The summed E-state index contributed by atoms with van der Waals surface area (Å²) in [7, 11) is 0. The second kappa shape index (κ2) is 12.6. The number of piperidine rings is 2. The van der Waals surface area contributed by atoms with Crippen molar-refractivity contribution in [2.24, 2.45) is 5.92 Å². The fourth-order valence-electron chi connectivity index (χ4n) is 6.75. The first-order valence-corrected chi connectivity index (χ1v) is 14.5. The predicted molar refractivity (Wildman–Crippen MR) is 147 cm³/mol. The van der Waals surface area contributed by atoms with E-state index in [1.54, 1.807) is 0 Å². The molecule has 0 spiro atoms. The van der Waals surface area contributed by atoms with Crippen LogP contribution in [0.1, 0.15) is 139 Å². The molecule has 2 fully saturated rings. The van der Waals surface area contributed by atoms with Crippen LogP contribution in [0.4, 0.5) is 0 Å². The molecule has 2 aliphatic heterocycles. The number of carbonyl (C=O) groups excluding carboxylic acids is 2. The first kappa shape index (κ1) is 31.1. The number of unbranched alkanes of at least 4 members (excludes halogenated alkanes) is 6. The van der Waals surface area contributed by atoms with Crippen molar-refractivity contribution in [2.45, 2.75) is 174 Å². The maximum atomic E-state index is 13.4. The lowest BCUT2D eigenvalue weighted by Crippen LogP contribution is -2.60. The van der Waals surface area contributed by atoms with Crippen LogP contribution >= 0.6 is 0 Å². The van der Waals surface area contributed by atoms with Crippen LogP contribution in [-0.4, -0.2) is 46.3 Å². The van der Waals surface area contributed by atoms with Gasteiger partial charge in [0.15, 0.2) is 5.92 Å². The largest absolute Gasteiger partial charge is 0.462 e. The number of hydrogen-bond acceptors (Lipinski definition) is 6. The summed E-state index contributed by atoms with van der Waals surface area (Å²) in [5.74, 6) is -1.66. The van der Waals surface area contributed by atoms with Crippen LogP contribution in [0.5, 0.6) is 0 Å². The Bertz CT molecular complexity index is 644. The number of nitrogens with one attached hydrogen (secondary N) is 2. The van der Waals surface area contributed by atoms with Gasteiger partial charge in [-0.3, -0.25) is 9.59 Å². The highest BCUT2D eigenvalue weighted by Crippen LogP contribution is 2.33. The molecular formula is C30H56N2O4. The van der Waals surface area contributed by atoms with Gasteiger partial charge in [0.25, 0.3) is 0 Å². The van der Waals surface area contributed by atoms with Crippen LogP contribution in [0.2, 0.25) is 0 Å². The van der Waals surface area contributed by atoms with Crippen LogP contribution in [0.15, 0.2) is 0 Å². The Labute approximate surface area is 221 Å². The number of carbonyl (C=O) groups is 2. The normalized spacial score (nSPS) is 23.4. The summed E-state index contributed by atoms with van der Waals surface area (Å²) in [5.41, 5.74) is -0.526. The van der Waals surface area contributed by atoms with Gasteiger partial charge in [0.2, 0.25) is 0 Å². The molecule has 2 rings (SSSR count). The van der Waals surface area contributed by atoms with Gasteiger partial charge >= 0.3 is 11.9 Å². The molecule has 36 heavy (non-hydrogen) atoms. The molecule has 0 aliphatic carbocycles. The molecule has 0 aromatic rings. The van der Waals surface area contributed by atoms with Crippen molar-refractivity contribution in [1.29, 1.82) is 0 Å². The van der Waals surface area contributed by atoms with Gasteiger partial charge < -0.3 is 20.1 Å². The molecule has 6 nitrogen and oxygen atoms in total.